The molecule has 20 heteroatoms. The van der Waals surface area contributed by atoms with Gasteiger partial charge in [0, 0.05) is 37.6 Å². The summed E-state index contributed by atoms with van der Waals surface area (Å²) in [5, 5.41) is 8.73. The molecule has 3 atom stereocenters. The number of para-hydroxylation sites is 1. The average molecular weight is 980 g/mol. The number of hydrogen-bond acceptors (Lipinski definition) is 13. The SMILES string of the molecule is CC(=CC(=O)NC1CCc2cccc3c2N(C1=O)C(C=O)(CNC(CCC(N)=O)C(=O)NCc1ccccc1)C3)c1ccc(C(F)(F)P(=O)(OCOC(=O)C(C)(C)C)OCOC(=O)C(C)(C)C)cc1. The lowest BCUT2D eigenvalue weighted by Gasteiger charge is -2.37. The van der Waals surface area contributed by atoms with Gasteiger partial charge < -0.3 is 36.0 Å². The highest BCUT2D eigenvalue weighted by Crippen LogP contribution is 2.67. The summed E-state index contributed by atoms with van der Waals surface area (Å²) >= 11 is 0. The lowest BCUT2D eigenvalue weighted by atomic mass is 9.93. The van der Waals surface area contributed by atoms with Gasteiger partial charge in [-0.25, -0.2) is 0 Å². The van der Waals surface area contributed by atoms with E-state index in [4.69, 9.17) is 24.3 Å². The van der Waals surface area contributed by atoms with Crippen molar-refractivity contribution in [3.63, 3.8) is 0 Å². The minimum atomic E-state index is -5.59. The number of carbonyl (C=O) groups excluding carboxylic acids is 7. The molecule has 2 aliphatic rings. The number of carbonyl (C=O) groups is 7. The van der Waals surface area contributed by atoms with Crippen LogP contribution in [0, 0.1) is 10.8 Å². The largest absolute Gasteiger partial charge is 0.438 e. The summed E-state index contributed by atoms with van der Waals surface area (Å²) in [6.07, 6.45) is 2.33. The van der Waals surface area contributed by atoms with Crippen molar-refractivity contribution < 1.29 is 65.4 Å². The molecule has 5 N–H and O–H groups in total. The molecule has 4 amide bonds. The maximum atomic E-state index is 16.1. The maximum absolute atomic E-state index is 16.1. The first-order chi connectivity index (χ1) is 32.3. The zero-order valence-electron chi connectivity index (χ0n) is 39.7. The number of rotatable bonds is 21. The van der Waals surface area contributed by atoms with Gasteiger partial charge in [0.1, 0.15) is 17.9 Å². The van der Waals surface area contributed by atoms with Crippen molar-refractivity contribution in [1.82, 2.24) is 16.0 Å². The van der Waals surface area contributed by atoms with E-state index in [0.29, 0.717) is 18.4 Å². The molecule has 17 nitrogen and oxygen atoms in total. The molecule has 69 heavy (non-hydrogen) atoms. The second-order valence-electron chi connectivity index (χ2n) is 19.0. The summed E-state index contributed by atoms with van der Waals surface area (Å²) in [4.78, 5) is 92.7. The van der Waals surface area contributed by atoms with E-state index in [1.165, 1.54) is 71.6 Å². The Kier molecular flexibility index (Phi) is 17.2. The number of aryl methyl sites for hydroxylation is 1. The van der Waals surface area contributed by atoms with Crippen molar-refractivity contribution in [2.24, 2.45) is 16.6 Å². The van der Waals surface area contributed by atoms with Crippen LogP contribution in [0.25, 0.3) is 5.57 Å². The third-order valence-corrected chi connectivity index (χ3v) is 13.4. The third kappa shape index (κ3) is 13.1. The van der Waals surface area contributed by atoms with Crippen LogP contribution in [0.5, 0.6) is 0 Å². The van der Waals surface area contributed by atoms with Gasteiger partial charge >= 0.3 is 25.2 Å². The second kappa shape index (κ2) is 22.1. The van der Waals surface area contributed by atoms with Crippen LogP contribution in [0.1, 0.15) is 95.5 Å². The Balaban J connectivity index is 1.32. The molecule has 0 aromatic heterocycles. The predicted molar refractivity (Wildman–Crippen MR) is 250 cm³/mol. The smallest absolute Gasteiger partial charge is 0.410 e. The molecule has 0 saturated carbocycles. The van der Waals surface area contributed by atoms with Crippen LogP contribution >= 0.6 is 7.60 Å². The van der Waals surface area contributed by atoms with Gasteiger partial charge in [-0.15, -0.1) is 0 Å². The molecule has 3 aromatic carbocycles. The molecule has 0 fully saturated rings. The zero-order valence-corrected chi connectivity index (χ0v) is 40.6. The molecule has 0 aliphatic carbocycles. The van der Waals surface area contributed by atoms with Gasteiger partial charge in [-0.05, 0) is 95.6 Å². The molecule has 372 valence electrons. The van der Waals surface area contributed by atoms with Crippen molar-refractivity contribution in [2.45, 2.75) is 110 Å². The fourth-order valence-electron chi connectivity index (χ4n) is 7.56. The Hall–Kier alpha value is -6.14. The summed E-state index contributed by atoms with van der Waals surface area (Å²) in [7, 11) is -5.59. The lowest BCUT2D eigenvalue weighted by Crippen LogP contribution is -2.62. The number of halogens is 2. The first-order valence-electron chi connectivity index (χ1n) is 22.3. The monoisotopic (exact) mass is 979 g/mol. The van der Waals surface area contributed by atoms with E-state index in [0.717, 1.165) is 28.8 Å². The van der Waals surface area contributed by atoms with Crippen molar-refractivity contribution in [2.75, 3.05) is 25.0 Å². The minimum absolute atomic E-state index is 0.0170. The van der Waals surface area contributed by atoms with Crippen molar-refractivity contribution >= 4 is 60.7 Å². The van der Waals surface area contributed by atoms with E-state index >= 15 is 8.78 Å². The van der Waals surface area contributed by atoms with Gasteiger partial charge in [-0.1, -0.05) is 72.8 Å². The number of anilines is 1. The Morgan fingerprint density at radius 1 is 0.884 bits per heavy atom. The predicted octanol–water partition coefficient (Wildman–Crippen LogP) is 5.96. The van der Waals surface area contributed by atoms with Crippen molar-refractivity contribution in [1.29, 1.82) is 0 Å². The van der Waals surface area contributed by atoms with Gasteiger partial charge in [0.15, 0.2) is 0 Å². The van der Waals surface area contributed by atoms with Crippen molar-refractivity contribution in [3.05, 3.63) is 107 Å². The lowest BCUT2D eigenvalue weighted by molar-refractivity contribution is -0.163. The molecule has 0 spiro atoms. The highest BCUT2D eigenvalue weighted by molar-refractivity contribution is 7.54. The highest BCUT2D eigenvalue weighted by atomic mass is 31.2. The number of aldehydes is 1. The number of ether oxygens (including phenoxy) is 2. The molecule has 2 heterocycles. The van der Waals surface area contributed by atoms with Gasteiger partial charge in [-0.2, -0.15) is 8.78 Å². The summed E-state index contributed by atoms with van der Waals surface area (Å²) in [6.45, 7) is 8.28. The van der Waals surface area contributed by atoms with Gasteiger partial charge in [0.05, 0.1) is 22.6 Å². The van der Waals surface area contributed by atoms with Crippen LogP contribution in [-0.2, 0) is 81.7 Å². The number of amides is 4. The summed E-state index contributed by atoms with van der Waals surface area (Å²) < 4.78 is 65.7. The van der Waals surface area contributed by atoms with E-state index in [1.807, 2.05) is 48.5 Å². The summed E-state index contributed by atoms with van der Waals surface area (Å²) in [5.74, 6) is -4.01. The van der Waals surface area contributed by atoms with E-state index in [9.17, 15) is 38.1 Å². The zero-order chi connectivity index (χ0) is 51.0. The molecule has 3 unspecified atom stereocenters. The van der Waals surface area contributed by atoms with Crippen LogP contribution in [0.3, 0.4) is 0 Å². The Labute approximate surface area is 399 Å². The topological polar surface area (TPSA) is 239 Å². The fourth-order valence-corrected chi connectivity index (χ4v) is 8.81. The molecule has 2 aliphatic heterocycles. The number of esters is 2. The normalized spacial score (nSPS) is 17.8. The first-order valence-corrected chi connectivity index (χ1v) is 23.8. The Bertz CT molecular complexity index is 2450. The van der Waals surface area contributed by atoms with Gasteiger partial charge in [0.2, 0.25) is 31.3 Å². The first kappa shape index (κ1) is 53.8. The fraction of sp³-hybridized carbons (Fsp3) is 0.449. The van der Waals surface area contributed by atoms with Crippen molar-refractivity contribution in [3.8, 4) is 0 Å². The van der Waals surface area contributed by atoms with E-state index < -0.39 is 96.4 Å². The second-order valence-corrected chi connectivity index (χ2v) is 21.1. The van der Waals surface area contributed by atoms with E-state index in [2.05, 4.69) is 16.0 Å². The number of alkyl halides is 2. The molecule has 5 rings (SSSR count). The molecule has 3 aromatic rings. The standard InChI is InChI=1S/C49H60F2N5O12P/c1-31(33-16-19-36(20-17-33)49(50,51)69(64,67-29-65-44(62)46(2,3)4)68-30-66-45(63)47(5,6)7)24-40(59)55-38-21-18-34-14-11-15-35-25-48(28-57,56(41(34)35)43(38)61)27-54-37(22-23-39(52)58)42(60)53-26-32-12-9-8-10-13-32/h8-17,19-20,24,28,37-38,54H,18,21-23,25-27,29-30H2,1-7H3,(H2,52,58)(H,53,60)(H,55,59). The minimum Gasteiger partial charge on any atom is -0.438 e. The average Bonchev–Trinajstić information content (AvgIpc) is 3.56. The van der Waals surface area contributed by atoms with Gasteiger partial charge in [-0.3, -0.25) is 47.3 Å². The number of nitrogens with zero attached hydrogens (tertiary/aromatic N) is 1. The van der Waals surface area contributed by atoms with E-state index in [-0.39, 0.29) is 49.9 Å². The Morgan fingerprint density at radius 3 is 2.04 bits per heavy atom. The number of nitrogens with one attached hydrogen (secondary N) is 3. The van der Waals surface area contributed by atoms with Crippen LogP contribution < -0.4 is 26.6 Å². The third-order valence-electron chi connectivity index (χ3n) is 11.5. The number of nitrogens with two attached hydrogens (primary N) is 1. The number of allylic oxidation sites excluding steroid dienone is 1. The summed E-state index contributed by atoms with van der Waals surface area (Å²) in [5.41, 5.74) is 0.0388. The van der Waals surface area contributed by atoms with Crippen LogP contribution in [0.4, 0.5) is 14.5 Å². The number of benzene rings is 3. The molecular formula is C49H60F2N5O12P. The molecule has 0 saturated heterocycles. The summed E-state index contributed by atoms with van der Waals surface area (Å²) in [6, 6.07) is 16.9. The van der Waals surface area contributed by atoms with Crippen LogP contribution in [0.2, 0.25) is 0 Å². The molecule has 0 radical (unpaired) electrons. The number of primary amides is 1. The Morgan fingerprint density at radius 2 is 1.48 bits per heavy atom. The highest BCUT2D eigenvalue weighted by Gasteiger charge is 2.56. The van der Waals surface area contributed by atoms with Crippen LogP contribution in [0.15, 0.2) is 78.9 Å². The number of hydrogen-bond donors (Lipinski definition) is 4. The van der Waals surface area contributed by atoms with Crippen LogP contribution in [-0.4, -0.2) is 79.6 Å². The maximum Gasteiger partial charge on any atom is 0.410 e. The van der Waals surface area contributed by atoms with Gasteiger partial charge in [0.25, 0.3) is 5.91 Å². The van der Waals surface area contributed by atoms with E-state index in [1.54, 1.807) is 0 Å². The molecule has 0 bridgehead atoms. The molecular weight excluding hydrogens is 920 g/mol. The quantitative estimate of drug-likeness (QED) is 0.0318.